The number of methoxy groups -OCH3 is 1. The Morgan fingerprint density at radius 3 is 2.79 bits per heavy atom. The maximum atomic E-state index is 13.2. The first-order valence-electron chi connectivity index (χ1n) is 10.0. The molecule has 1 unspecified atom stereocenters. The van der Waals surface area contributed by atoms with E-state index in [0.29, 0.717) is 25.2 Å². The van der Waals surface area contributed by atoms with Crippen LogP contribution in [0.25, 0.3) is 0 Å². The van der Waals surface area contributed by atoms with Crippen molar-refractivity contribution in [1.29, 1.82) is 0 Å². The Hall–Kier alpha value is -2.67. The zero-order chi connectivity index (χ0) is 20.8. The second-order valence-corrected chi connectivity index (χ2v) is 7.50. The lowest BCUT2D eigenvalue weighted by molar-refractivity contribution is -0.140. The number of esters is 1. The molecule has 7 nitrogen and oxygen atoms in total. The van der Waals surface area contributed by atoms with Crippen molar-refractivity contribution in [2.24, 2.45) is 0 Å². The van der Waals surface area contributed by atoms with Gasteiger partial charge in [-0.2, -0.15) is 5.10 Å². The molecule has 0 N–H and O–H groups in total. The van der Waals surface area contributed by atoms with Crippen LogP contribution in [0.1, 0.15) is 46.6 Å². The molecule has 156 valence electrons. The lowest BCUT2D eigenvalue weighted by atomic mass is 10.1. The lowest BCUT2D eigenvalue weighted by Crippen LogP contribution is -2.39. The van der Waals surface area contributed by atoms with Crippen LogP contribution in [0.4, 0.5) is 0 Å². The Kier molecular flexibility index (Phi) is 7.04. The van der Waals surface area contributed by atoms with E-state index in [9.17, 15) is 9.59 Å². The van der Waals surface area contributed by atoms with Gasteiger partial charge in [0.25, 0.3) is 5.91 Å². The smallest absolute Gasteiger partial charge is 0.307 e. The third-order valence-electron chi connectivity index (χ3n) is 5.16. The summed E-state index contributed by atoms with van der Waals surface area (Å²) in [6.45, 7) is 6.11. The minimum absolute atomic E-state index is 0.0227. The van der Waals surface area contributed by atoms with Gasteiger partial charge in [-0.1, -0.05) is 12.1 Å². The number of aryl methyl sites for hydroxylation is 2. The van der Waals surface area contributed by atoms with Gasteiger partial charge in [0.15, 0.2) is 0 Å². The van der Waals surface area contributed by atoms with Gasteiger partial charge in [0, 0.05) is 31.0 Å². The van der Waals surface area contributed by atoms with E-state index in [2.05, 4.69) is 5.10 Å². The Labute approximate surface area is 171 Å². The number of rotatable bonds is 8. The number of nitrogens with zero attached hydrogens (tertiary/aromatic N) is 3. The highest BCUT2D eigenvalue weighted by Crippen LogP contribution is 2.17. The number of benzene rings is 1. The van der Waals surface area contributed by atoms with E-state index in [4.69, 9.17) is 9.47 Å². The quantitative estimate of drug-likeness (QED) is 0.638. The number of amides is 1. The highest BCUT2D eigenvalue weighted by molar-refractivity contribution is 5.94. The maximum absolute atomic E-state index is 13.2. The van der Waals surface area contributed by atoms with Crippen LogP contribution in [0, 0.1) is 13.8 Å². The van der Waals surface area contributed by atoms with Gasteiger partial charge in [-0.3, -0.25) is 14.3 Å². The third-order valence-corrected chi connectivity index (χ3v) is 5.16. The number of aromatic nitrogens is 2. The van der Waals surface area contributed by atoms with Crippen LogP contribution in [0.3, 0.4) is 0 Å². The minimum Gasteiger partial charge on any atom is -0.469 e. The highest BCUT2D eigenvalue weighted by atomic mass is 16.5. The third kappa shape index (κ3) is 5.67. The summed E-state index contributed by atoms with van der Waals surface area (Å²) in [5.74, 6) is -0.423. The van der Waals surface area contributed by atoms with Gasteiger partial charge in [-0.05, 0) is 50.5 Å². The maximum Gasteiger partial charge on any atom is 0.307 e. The summed E-state index contributed by atoms with van der Waals surface area (Å²) in [7, 11) is 1.36. The molecule has 2 heterocycles. The van der Waals surface area contributed by atoms with Gasteiger partial charge in [-0.15, -0.1) is 0 Å². The molecule has 1 saturated heterocycles. The molecule has 7 heteroatoms. The van der Waals surface area contributed by atoms with Gasteiger partial charge in [0.2, 0.25) is 0 Å². The number of ether oxygens (including phenoxy) is 2. The van der Waals surface area contributed by atoms with Crippen LogP contribution in [-0.2, 0) is 20.8 Å². The van der Waals surface area contributed by atoms with E-state index in [1.54, 1.807) is 4.90 Å². The lowest BCUT2D eigenvalue weighted by Gasteiger charge is -2.25. The molecule has 0 radical (unpaired) electrons. The normalized spacial score (nSPS) is 16.0. The zero-order valence-electron chi connectivity index (χ0n) is 17.4. The summed E-state index contributed by atoms with van der Waals surface area (Å²) in [4.78, 5) is 26.5. The van der Waals surface area contributed by atoms with Crippen LogP contribution in [0.15, 0.2) is 30.3 Å². The van der Waals surface area contributed by atoms with Gasteiger partial charge in [-0.25, -0.2) is 0 Å². The zero-order valence-corrected chi connectivity index (χ0v) is 17.4. The van der Waals surface area contributed by atoms with Crippen LogP contribution >= 0.6 is 0 Å². The van der Waals surface area contributed by atoms with Crippen molar-refractivity contribution in [1.82, 2.24) is 14.7 Å². The second-order valence-electron chi connectivity index (χ2n) is 7.50. The second kappa shape index (κ2) is 9.69. The van der Waals surface area contributed by atoms with Gasteiger partial charge in [0.05, 0.1) is 31.9 Å². The number of hydrogen-bond donors (Lipinski definition) is 0. The molecule has 0 saturated carbocycles. The van der Waals surface area contributed by atoms with Crippen molar-refractivity contribution in [3.8, 4) is 0 Å². The molecule has 0 spiro atoms. The van der Waals surface area contributed by atoms with Crippen molar-refractivity contribution >= 4 is 11.9 Å². The highest BCUT2D eigenvalue weighted by Gasteiger charge is 2.24. The van der Waals surface area contributed by atoms with Crippen molar-refractivity contribution in [3.05, 3.63) is 52.8 Å². The number of hydrogen-bond acceptors (Lipinski definition) is 5. The van der Waals surface area contributed by atoms with Gasteiger partial charge < -0.3 is 14.4 Å². The fourth-order valence-electron chi connectivity index (χ4n) is 3.63. The summed E-state index contributed by atoms with van der Waals surface area (Å²) in [6, 6.07) is 9.63. The minimum atomic E-state index is -0.326. The van der Waals surface area contributed by atoms with E-state index in [1.165, 1.54) is 7.11 Å². The average Bonchev–Trinajstić information content (AvgIpc) is 3.33. The summed E-state index contributed by atoms with van der Waals surface area (Å²) < 4.78 is 12.4. The molecule has 1 aromatic heterocycles. The first kappa shape index (κ1) is 21.0. The van der Waals surface area contributed by atoms with E-state index in [0.717, 1.165) is 36.4 Å². The van der Waals surface area contributed by atoms with Crippen LogP contribution in [0.2, 0.25) is 0 Å². The van der Waals surface area contributed by atoms with Crippen molar-refractivity contribution < 1.29 is 19.1 Å². The Morgan fingerprint density at radius 1 is 1.31 bits per heavy atom. The SMILES string of the molecule is COC(=O)CCN(CC1CCCO1)C(=O)c1cccc(Cn2nc(C)cc2C)c1. The average molecular weight is 399 g/mol. The molecule has 1 fully saturated rings. The Bertz CT molecular complexity index is 855. The molecule has 1 aliphatic rings. The number of carbonyl (C=O) groups is 2. The van der Waals surface area contributed by atoms with E-state index >= 15 is 0 Å². The largest absolute Gasteiger partial charge is 0.469 e. The molecule has 2 aromatic rings. The number of carbonyl (C=O) groups excluding carboxylic acids is 2. The molecular weight excluding hydrogens is 370 g/mol. The summed E-state index contributed by atoms with van der Waals surface area (Å²) in [5.41, 5.74) is 3.66. The Balaban J connectivity index is 1.74. The molecule has 1 amide bonds. The van der Waals surface area contributed by atoms with Crippen molar-refractivity contribution in [3.63, 3.8) is 0 Å². The van der Waals surface area contributed by atoms with Crippen LogP contribution < -0.4 is 0 Å². The molecule has 0 aliphatic carbocycles. The monoisotopic (exact) mass is 399 g/mol. The first-order chi connectivity index (χ1) is 14.0. The van der Waals surface area contributed by atoms with Crippen molar-refractivity contribution in [2.75, 3.05) is 26.8 Å². The fourth-order valence-corrected chi connectivity index (χ4v) is 3.63. The first-order valence-corrected chi connectivity index (χ1v) is 10.0. The van der Waals surface area contributed by atoms with Crippen molar-refractivity contribution in [2.45, 2.75) is 45.8 Å². The molecular formula is C22H29N3O4. The summed E-state index contributed by atoms with van der Waals surface area (Å²) >= 11 is 0. The molecule has 1 aromatic carbocycles. The molecule has 3 rings (SSSR count). The molecule has 1 aliphatic heterocycles. The topological polar surface area (TPSA) is 73.7 Å². The fraction of sp³-hybridized carbons (Fsp3) is 0.500. The van der Waals surface area contributed by atoms with Gasteiger partial charge >= 0.3 is 5.97 Å². The van der Waals surface area contributed by atoms with E-state index in [1.807, 2.05) is 48.9 Å². The summed E-state index contributed by atoms with van der Waals surface area (Å²) in [6.07, 6.45) is 2.12. The van der Waals surface area contributed by atoms with Crippen LogP contribution in [0.5, 0.6) is 0 Å². The molecule has 1 atom stereocenters. The van der Waals surface area contributed by atoms with Gasteiger partial charge in [0.1, 0.15) is 0 Å². The van der Waals surface area contributed by atoms with E-state index < -0.39 is 0 Å². The molecule has 0 bridgehead atoms. The van der Waals surface area contributed by atoms with Crippen LogP contribution in [-0.4, -0.2) is 59.5 Å². The Morgan fingerprint density at radius 2 is 2.14 bits per heavy atom. The predicted octanol–water partition coefficient (Wildman–Crippen LogP) is 2.73. The predicted molar refractivity (Wildman–Crippen MR) is 109 cm³/mol. The summed E-state index contributed by atoms with van der Waals surface area (Å²) in [5, 5.41) is 4.50. The van der Waals surface area contributed by atoms with E-state index in [-0.39, 0.29) is 24.4 Å². The standard InChI is InChI=1S/C22H29N3O4/c1-16-12-17(2)25(23-16)14-18-6-4-7-19(13-18)22(27)24(10-9-21(26)28-3)15-20-8-5-11-29-20/h4,6-7,12-13,20H,5,8-11,14-15H2,1-3H3. The molecule has 29 heavy (non-hydrogen) atoms.